The zero-order chi connectivity index (χ0) is 17.1. The highest BCUT2D eigenvalue weighted by Crippen LogP contribution is 2.29. The van der Waals surface area contributed by atoms with E-state index >= 15 is 0 Å². The zero-order valence-corrected chi connectivity index (χ0v) is 13.7. The second kappa shape index (κ2) is 7.05. The van der Waals surface area contributed by atoms with E-state index in [2.05, 4.69) is 4.98 Å². The molecule has 0 spiro atoms. The van der Waals surface area contributed by atoms with Gasteiger partial charge in [-0.2, -0.15) is 0 Å². The number of hydrogen-bond donors (Lipinski definition) is 1. The number of carboxylic acid groups (broad SMARTS) is 1. The number of halogens is 1. The summed E-state index contributed by atoms with van der Waals surface area (Å²) in [5, 5.41) is 10.4. The Balaban J connectivity index is 1.69. The number of aromatic nitrogens is 1. The van der Waals surface area contributed by atoms with E-state index in [4.69, 9.17) is 21.4 Å². The van der Waals surface area contributed by atoms with Crippen molar-refractivity contribution in [3.8, 4) is 5.75 Å². The van der Waals surface area contributed by atoms with Gasteiger partial charge in [0.25, 0.3) is 5.91 Å². The van der Waals surface area contributed by atoms with Gasteiger partial charge in [0.15, 0.2) is 6.61 Å². The molecule has 1 aliphatic heterocycles. The van der Waals surface area contributed by atoms with Gasteiger partial charge in [0.05, 0.1) is 10.9 Å². The molecule has 7 heteroatoms. The number of carbonyl (C=O) groups excluding carboxylic acids is 1. The molecule has 0 aliphatic carbocycles. The van der Waals surface area contributed by atoms with Crippen LogP contribution in [-0.4, -0.2) is 46.6 Å². The van der Waals surface area contributed by atoms with Crippen molar-refractivity contribution in [2.75, 3.05) is 19.7 Å². The molecule has 6 nitrogen and oxygen atoms in total. The zero-order valence-electron chi connectivity index (χ0n) is 12.9. The van der Waals surface area contributed by atoms with Crippen LogP contribution in [0.25, 0.3) is 10.9 Å². The Morgan fingerprint density at radius 1 is 1.38 bits per heavy atom. The average Bonchev–Trinajstić information content (AvgIpc) is 2.61. The lowest BCUT2D eigenvalue weighted by molar-refractivity contribution is -0.146. The van der Waals surface area contributed by atoms with Crippen molar-refractivity contribution in [1.82, 2.24) is 9.88 Å². The largest absolute Gasteiger partial charge is 0.481 e. The second-order valence-electron chi connectivity index (χ2n) is 5.75. The molecule has 24 heavy (non-hydrogen) atoms. The normalized spacial score (nSPS) is 17.7. The van der Waals surface area contributed by atoms with Gasteiger partial charge in [0, 0.05) is 24.7 Å². The summed E-state index contributed by atoms with van der Waals surface area (Å²) in [5.41, 5.74) is 0.597. The summed E-state index contributed by atoms with van der Waals surface area (Å²) < 4.78 is 5.63. The van der Waals surface area contributed by atoms with Gasteiger partial charge in [-0.05, 0) is 37.1 Å². The topological polar surface area (TPSA) is 79.7 Å². The molecule has 0 unspecified atom stereocenters. The Labute approximate surface area is 144 Å². The number of amides is 1. The molecule has 126 valence electrons. The highest BCUT2D eigenvalue weighted by Gasteiger charge is 2.28. The van der Waals surface area contributed by atoms with Crippen molar-refractivity contribution < 1.29 is 19.4 Å². The minimum atomic E-state index is -0.860. The first kappa shape index (κ1) is 16.5. The monoisotopic (exact) mass is 348 g/mol. The molecule has 1 atom stereocenters. The van der Waals surface area contributed by atoms with Gasteiger partial charge in [-0.15, -0.1) is 0 Å². The first-order chi connectivity index (χ1) is 11.6. The number of carbonyl (C=O) groups is 2. The SMILES string of the molecule is O=C(O)[C@H]1CCCN(C(=O)COc2ccc(Cl)c3cccnc23)C1. The number of aliphatic carboxylic acids is 1. The number of carboxylic acids is 1. The van der Waals surface area contributed by atoms with E-state index in [1.165, 1.54) is 0 Å². The molecule has 1 fully saturated rings. The standard InChI is InChI=1S/C17H17ClN2O4/c18-13-5-6-14(16-12(13)4-1-7-19-16)24-10-15(21)20-8-2-3-11(9-20)17(22)23/h1,4-7,11H,2-3,8-10H2,(H,22,23)/t11-/m0/s1. The minimum Gasteiger partial charge on any atom is -0.481 e. The molecule has 1 N–H and O–H groups in total. The summed E-state index contributed by atoms with van der Waals surface area (Å²) in [6.45, 7) is 0.641. The predicted molar refractivity (Wildman–Crippen MR) is 89.2 cm³/mol. The van der Waals surface area contributed by atoms with E-state index in [-0.39, 0.29) is 19.1 Å². The molecule has 2 aromatic rings. The van der Waals surface area contributed by atoms with Gasteiger partial charge in [-0.3, -0.25) is 14.6 Å². The van der Waals surface area contributed by atoms with Gasteiger partial charge < -0.3 is 14.7 Å². The van der Waals surface area contributed by atoms with Gasteiger partial charge >= 0.3 is 5.97 Å². The van der Waals surface area contributed by atoms with Crippen LogP contribution >= 0.6 is 11.6 Å². The fourth-order valence-corrected chi connectivity index (χ4v) is 3.08. The van der Waals surface area contributed by atoms with Gasteiger partial charge in [0.1, 0.15) is 11.3 Å². The van der Waals surface area contributed by atoms with Crippen molar-refractivity contribution in [3.63, 3.8) is 0 Å². The molecule has 0 saturated carbocycles. The third-order valence-corrected chi connectivity index (χ3v) is 4.48. The Morgan fingerprint density at radius 3 is 3.00 bits per heavy atom. The van der Waals surface area contributed by atoms with Crippen LogP contribution in [0.4, 0.5) is 0 Å². The molecule has 1 aliphatic rings. The van der Waals surface area contributed by atoms with E-state index in [9.17, 15) is 9.59 Å². The van der Waals surface area contributed by atoms with E-state index in [1.807, 2.05) is 6.07 Å². The van der Waals surface area contributed by atoms with Crippen molar-refractivity contribution in [2.45, 2.75) is 12.8 Å². The lowest BCUT2D eigenvalue weighted by Gasteiger charge is -2.30. The average molecular weight is 349 g/mol. The number of pyridine rings is 1. The highest BCUT2D eigenvalue weighted by atomic mass is 35.5. The summed E-state index contributed by atoms with van der Waals surface area (Å²) in [6.07, 6.45) is 2.93. The van der Waals surface area contributed by atoms with Crippen molar-refractivity contribution in [3.05, 3.63) is 35.5 Å². The molecule has 1 amide bonds. The fourth-order valence-electron chi connectivity index (χ4n) is 2.86. The molecule has 1 aromatic carbocycles. The van der Waals surface area contributed by atoms with E-state index in [0.717, 1.165) is 5.39 Å². The maximum atomic E-state index is 12.3. The molecule has 3 rings (SSSR count). The number of benzene rings is 1. The van der Waals surface area contributed by atoms with Crippen LogP contribution in [0.15, 0.2) is 30.5 Å². The van der Waals surface area contributed by atoms with Crippen LogP contribution in [0.5, 0.6) is 5.75 Å². The summed E-state index contributed by atoms with van der Waals surface area (Å²) in [4.78, 5) is 29.2. The maximum absolute atomic E-state index is 12.3. The molecule has 0 radical (unpaired) electrons. The molecular formula is C17H17ClN2O4. The number of ether oxygens (including phenoxy) is 1. The Morgan fingerprint density at radius 2 is 2.21 bits per heavy atom. The molecule has 1 saturated heterocycles. The molecule has 0 bridgehead atoms. The van der Waals surface area contributed by atoms with Crippen LogP contribution in [0, 0.1) is 5.92 Å². The van der Waals surface area contributed by atoms with E-state index in [1.54, 1.807) is 29.3 Å². The third-order valence-electron chi connectivity index (χ3n) is 4.15. The lowest BCUT2D eigenvalue weighted by atomic mass is 9.98. The second-order valence-corrected chi connectivity index (χ2v) is 6.16. The number of fused-ring (bicyclic) bond motifs is 1. The minimum absolute atomic E-state index is 0.153. The van der Waals surface area contributed by atoms with Crippen LogP contribution in [0.2, 0.25) is 5.02 Å². The van der Waals surface area contributed by atoms with Gasteiger partial charge in [-0.1, -0.05) is 11.6 Å². The summed E-state index contributed by atoms with van der Waals surface area (Å²) >= 11 is 6.13. The number of piperidine rings is 1. The predicted octanol–water partition coefficient (Wildman–Crippen LogP) is 2.59. The summed E-state index contributed by atoms with van der Waals surface area (Å²) in [5.74, 6) is -1.10. The Kier molecular flexibility index (Phi) is 4.85. The third kappa shape index (κ3) is 3.43. The molecular weight excluding hydrogens is 332 g/mol. The summed E-state index contributed by atoms with van der Waals surface area (Å²) in [7, 11) is 0. The highest BCUT2D eigenvalue weighted by molar-refractivity contribution is 6.35. The maximum Gasteiger partial charge on any atom is 0.308 e. The van der Waals surface area contributed by atoms with Crippen LogP contribution in [-0.2, 0) is 9.59 Å². The summed E-state index contributed by atoms with van der Waals surface area (Å²) in [6, 6.07) is 7.00. The van der Waals surface area contributed by atoms with Gasteiger partial charge in [-0.25, -0.2) is 0 Å². The number of likely N-dealkylation sites (tertiary alicyclic amines) is 1. The smallest absolute Gasteiger partial charge is 0.308 e. The number of hydrogen-bond acceptors (Lipinski definition) is 4. The quantitative estimate of drug-likeness (QED) is 0.918. The van der Waals surface area contributed by atoms with Crippen molar-refractivity contribution >= 4 is 34.4 Å². The first-order valence-electron chi connectivity index (χ1n) is 7.73. The van der Waals surface area contributed by atoms with Crippen LogP contribution in [0.1, 0.15) is 12.8 Å². The van der Waals surface area contributed by atoms with Gasteiger partial charge in [0.2, 0.25) is 0 Å². The Bertz CT molecular complexity index is 780. The number of rotatable bonds is 4. The first-order valence-corrected chi connectivity index (χ1v) is 8.10. The van der Waals surface area contributed by atoms with E-state index < -0.39 is 11.9 Å². The Hall–Kier alpha value is -2.34. The number of nitrogens with zero attached hydrogens (tertiary/aromatic N) is 2. The van der Waals surface area contributed by atoms with E-state index in [0.29, 0.717) is 35.7 Å². The van der Waals surface area contributed by atoms with Crippen LogP contribution in [0.3, 0.4) is 0 Å². The van der Waals surface area contributed by atoms with Crippen LogP contribution < -0.4 is 4.74 Å². The molecule has 2 heterocycles. The van der Waals surface area contributed by atoms with Crippen molar-refractivity contribution in [2.24, 2.45) is 5.92 Å². The lowest BCUT2D eigenvalue weighted by Crippen LogP contribution is -2.44. The fraction of sp³-hybridized carbons (Fsp3) is 0.353. The molecule has 1 aromatic heterocycles. The van der Waals surface area contributed by atoms with Crippen molar-refractivity contribution in [1.29, 1.82) is 0 Å².